The summed E-state index contributed by atoms with van der Waals surface area (Å²) >= 11 is 0. The van der Waals surface area contributed by atoms with Crippen molar-refractivity contribution >= 4 is 6.34 Å². The van der Waals surface area contributed by atoms with Gasteiger partial charge in [-0.2, -0.15) is 27.1 Å². The van der Waals surface area contributed by atoms with Crippen LogP contribution in [0.25, 0.3) is 0 Å². The van der Waals surface area contributed by atoms with E-state index in [1.165, 1.54) is 0 Å². The SMILES string of the molecule is CCCN1C=NNC1C(F)(F)C(F)(F)F. The second-order valence-corrected chi connectivity index (χ2v) is 3.13. The minimum atomic E-state index is -5.58. The van der Waals surface area contributed by atoms with E-state index in [0.29, 0.717) is 6.42 Å². The van der Waals surface area contributed by atoms with Gasteiger partial charge in [-0.05, 0) is 6.42 Å². The van der Waals surface area contributed by atoms with E-state index in [-0.39, 0.29) is 6.54 Å². The van der Waals surface area contributed by atoms with Crippen LogP contribution in [0.4, 0.5) is 22.0 Å². The van der Waals surface area contributed by atoms with Crippen LogP contribution < -0.4 is 5.43 Å². The van der Waals surface area contributed by atoms with Crippen molar-refractivity contribution in [3.8, 4) is 0 Å². The largest absolute Gasteiger partial charge is 0.457 e. The molecule has 0 saturated carbocycles. The van der Waals surface area contributed by atoms with E-state index < -0.39 is 18.3 Å². The van der Waals surface area contributed by atoms with E-state index in [4.69, 9.17) is 0 Å². The maximum atomic E-state index is 12.9. The van der Waals surface area contributed by atoms with Gasteiger partial charge in [0.25, 0.3) is 0 Å². The van der Waals surface area contributed by atoms with Crippen molar-refractivity contribution in [3.63, 3.8) is 0 Å². The van der Waals surface area contributed by atoms with Gasteiger partial charge in [-0.3, -0.25) is 5.43 Å². The highest BCUT2D eigenvalue weighted by molar-refractivity contribution is 5.57. The normalized spacial score (nSPS) is 22.0. The molecule has 1 aliphatic heterocycles. The molecule has 1 aliphatic rings. The van der Waals surface area contributed by atoms with Crippen LogP contribution in [0.15, 0.2) is 5.10 Å². The molecular formula is C7H10F5N3. The quantitative estimate of drug-likeness (QED) is 0.749. The first-order chi connectivity index (χ1) is 6.80. The van der Waals surface area contributed by atoms with E-state index in [2.05, 4.69) is 5.10 Å². The van der Waals surface area contributed by atoms with Crippen LogP contribution in [0.3, 0.4) is 0 Å². The highest BCUT2D eigenvalue weighted by Crippen LogP contribution is 2.39. The van der Waals surface area contributed by atoms with Gasteiger partial charge in [0.2, 0.25) is 0 Å². The molecular weight excluding hydrogens is 221 g/mol. The van der Waals surface area contributed by atoms with Gasteiger partial charge >= 0.3 is 12.1 Å². The molecule has 0 bridgehead atoms. The fourth-order valence-corrected chi connectivity index (χ4v) is 1.21. The van der Waals surface area contributed by atoms with Gasteiger partial charge < -0.3 is 4.90 Å². The molecule has 1 heterocycles. The predicted molar refractivity (Wildman–Crippen MR) is 43.4 cm³/mol. The van der Waals surface area contributed by atoms with Crippen molar-refractivity contribution in [2.24, 2.45) is 5.10 Å². The molecule has 88 valence electrons. The Morgan fingerprint density at radius 1 is 1.33 bits per heavy atom. The van der Waals surface area contributed by atoms with E-state index in [0.717, 1.165) is 11.2 Å². The van der Waals surface area contributed by atoms with Crippen molar-refractivity contribution in [2.45, 2.75) is 31.6 Å². The molecule has 0 aromatic heterocycles. The average molecular weight is 231 g/mol. The Labute approximate surface area is 82.9 Å². The molecule has 3 nitrogen and oxygen atoms in total. The molecule has 0 radical (unpaired) electrons. The molecule has 0 fully saturated rings. The Kier molecular flexibility index (Phi) is 3.05. The fourth-order valence-electron chi connectivity index (χ4n) is 1.21. The van der Waals surface area contributed by atoms with Crippen molar-refractivity contribution in [2.75, 3.05) is 6.54 Å². The smallest absolute Gasteiger partial charge is 0.334 e. The zero-order chi connectivity index (χ0) is 11.7. The van der Waals surface area contributed by atoms with E-state index in [1.54, 1.807) is 12.3 Å². The fraction of sp³-hybridized carbons (Fsp3) is 0.857. The Morgan fingerprint density at radius 2 is 1.93 bits per heavy atom. The lowest BCUT2D eigenvalue weighted by atomic mass is 10.2. The second-order valence-electron chi connectivity index (χ2n) is 3.13. The highest BCUT2D eigenvalue weighted by Gasteiger charge is 2.64. The first-order valence-corrected chi connectivity index (χ1v) is 4.29. The Hall–Kier alpha value is -1.08. The number of hydrogen-bond donors (Lipinski definition) is 1. The first kappa shape index (κ1) is 12.0. The lowest BCUT2D eigenvalue weighted by Gasteiger charge is -2.31. The van der Waals surface area contributed by atoms with Gasteiger partial charge in [0, 0.05) is 6.54 Å². The summed E-state index contributed by atoms with van der Waals surface area (Å²) in [6.45, 7) is 1.77. The lowest BCUT2D eigenvalue weighted by molar-refractivity contribution is -0.301. The van der Waals surface area contributed by atoms with Gasteiger partial charge in [0.15, 0.2) is 6.17 Å². The minimum Gasteiger partial charge on any atom is -0.334 e. The summed E-state index contributed by atoms with van der Waals surface area (Å²) in [5.41, 5.74) is 1.76. The van der Waals surface area contributed by atoms with Gasteiger partial charge in [0.1, 0.15) is 6.34 Å². The molecule has 0 saturated heterocycles. The summed E-state index contributed by atoms with van der Waals surface area (Å²) in [6, 6.07) is 0. The molecule has 8 heteroatoms. The number of hydrogen-bond acceptors (Lipinski definition) is 3. The van der Waals surface area contributed by atoms with E-state index in [1.807, 2.05) is 0 Å². The molecule has 1 unspecified atom stereocenters. The molecule has 0 amide bonds. The van der Waals surface area contributed by atoms with E-state index >= 15 is 0 Å². The number of halogens is 5. The van der Waals surface area contributed by atoms with Gasteiger partial charge in [-0.1, -0.05) is 6.92 Å². The maximum Gasteiger partial charge on any atom is 0.457 e. The molecule has 0 aromatic rings. The third-order valence-corrected chi connectivity index (χ3v) is 1.94. The molecule has 1 N–H and O–H groups in total. The Morgan fingerprint density at radius 3 is 2.40 bits per heavy atom. The van der Waals surface area contributed by atoms with Crippen LogP contribution in [0.5, 0.6) is 0 Å². The van der Waals surface area contributed by atoms with Crippen molar-refractivity contribution in [1.29, 1.82) is 0 Å². The molecule has 0 aromatic carbocycles. The van der Waals surface area contributed by atoms with Crippen molar-refractivity contribution < 1.29 is 22.0 Å². The van der Waals surface area contributed by atoms with Crippen molar-refractivity contribution in [3.05, 3.63) is 0 Å². The first-order valence-electron chi connectivity index (χ1n) is 4.29. The van der Waals surface area contributed by atoms with Crippen molar-refractivity contribution in [1.82, 2.24) is 10.3 Å². The average Bonchev–Trinajstić information content (AvgIpc) is 2.51. The third kappa shape index (κ3) is 2.13. The van der Waals surface area contributed by atoms with Crippen LogP contribution in [-0.2, 0) is 0 Å². The highest BCUT2D eigenvalue weighted by atomic mass is 19.4. The lowest BCUT2D eigenvalue weighted by Crippen LogP contribution is -2.58. The second kappa shape index (κ2) is 3.82. The third-order valence-electron chi connectivity index (χ3n) is 1.94. The predicted octanol–water partition coefficient (Wildman–Crippen LogP) is 1.77. The van der Waals surface area contributed by atoms with Crippen LogP contribution in [0, 0.1) is 0 Å². The molecule has 15 heavy (non-hydrogen) atoms. The summed E-state index contributed by atoms with van der Waals surface area (Å²) in [4.78, 5) is 0.841. The van der Waals surface area contributed by atoms with E-state index in [9.17, 15) is 22.0 Å². The zero-order valence-corrected chi connectivity index (χ0v) is 7.85. The summed E-state index contributed by atoms with van der Waals surface area (Å²) in [5, 5.41) is 3.22. The number of nitrogens with one attached hydrogen (secondary N) is 1. The summed E-state index contributed by atoms with van der Waals surface area (Å²) < 4.78 is 61.9. The van der Waals surface area contributed by atoms with Crippen LogP contribution in [-0.4, -0.2) is 36.0 Å². The summed E-state index contributed by atoms with van der Waals surface area (Å²) in [6.07, 6.45) is -6.31. The Balaban J connectivity index is 2.79. The molecule has 1 atom stereocenters. The standard InChI is InChI=1S/C7H10F5N3/c1-2-3-15-4-13-14-5(15)6(8,9)7(10,11)12/h4-5,14H,2-3H2,1H3. The topological polar surface area (TPSA) is 27.6 Å². The Bertz CT molecular complexity index is 250. The van der Waals surface area contributed by atoms with Gasteiger partial charge in [-0.25, -0.2) is 0 Å². The maximum absolute atomic E-state index is 12.9. The molecule has 0 spiro atoms. The van der Waals surface area contributed by atoms with Crippen LogP contribution >= 0.6 is 0 Å². The summed E-state index contributed by atoms with van der Waals surface area (Å²) in [5.74, 6) is -4.82. The molecule has 1 rings (SSSR count). The minimum absolute atomic E-state index is 0.0901. The van der Waals surface area contributed by atoms with Crippen LogP contribution in [0.2, 0.25) is 0 Å². The zero-order valence-electron chi connectivity index (χ0n) is 7.85. The molecule has 0 aliphatic carbocycles. The monoisotopic (exact) mass is 231 g/mol. The number of hydrazone groups is 1. The van der Waals surface area contributed by atoms with Gasteiger partial charge in [-0.15, -0.1) is 0 Å². The summed E-state index contributed by atoms with van der Waals surface area (Å²) in [7, 11) is 0. The number of nitrogens with zero attached hydrogens (tertiary/aromatic N) is 2. The number of rotatable bonds is 3. The number of alkyl halides is 5. The van der Waals surface area contributed by atoms with Gasteiger partial charge in [0.05, 0.1) is 0 Å². The van der Waals surface area contributed by atoms with Crippen LogP contribution in [0.1, 0.15) is 13.3 Å².